The lowest BCUT2D eigenvalue weighted by Crippen LogP contribution is -2.42. The molecule has 1 aromatic carbocycles. The fraction of sp³-hybridized carbons (Fsp3) is 0.500. The standard InChI is InChI=1S/C7H4F2O3.C7H18N/c8-5-3-1-2-4(7(10)11)6(5)12-9;1-5-8(4,6-2)7-3/h1-3H,(H,10,11);5-7H2,1-4H3/q;+1/p-1. The van der Waals surface area contributed by atoms with E-state index in [0.29, 0.717) is 0 Å². The summed E-state index contributed by atoms with van der Waals surface area (Å²) in [7, 11) is 2.29. The van der Waals surface area contributed by atoms with Crippen LogP contribution in [0.2, 0.25) is 0 Å². The molecule has 0 atom stereocenters. The SMILES string of the molecule is CC[N+](C)(CC)CC.O=C([O-])c1cccc(F)c1OF. The predicted molar refractivity (Wildman–Crippen MR) is 70.3 cm³/mol. The fourth-order valence-electron chi connectivity index (χ4n) is 1.42. The molecule has 0 amide bonds. The van der Waals surface area contributed by atoms with E-state index in [1.165, 1.54) is 24.1 Å². The highest BCUT2D eigenvalue weighted by Crippen LogP contribution is 2.21. The van der Waals surface area contributed by atoms with Gasteiger partial charge < -0.3 is 14.4 Å². The zero-order chi connectivity index (χ0) is 15.8. The first-order valence-corrected chi connectivity index (χ1v) is 6.47. The maximum absolute atomic E-state index is 12.6. The smallest absolute Gasteiger partial charge is 0.216 e. The summed E-state index contributed by atoms with van der Waals surface area (Å²) in [6.45, 7) is 10.5. The summed E-state index contributed by atoms with van der Waals surface area (Å²) in [6, 6.07) is 2.97. The monoisotopic (exact) mass is 289 g/mol. The number of nitrogens with zero attached hydrogens (tertiary/aromatic N) is 1. The number of quaternary nitrogens is 1. The van der Waals surface area contributed by atoms with Crippen LogP contribution in [0.5, 0.6) is 5.75 Å². The molecule has 0 heterocycles. The molecule has 0 unspecified atom stereocenters. The van der Waals surface area contributed by atoms with Crippen LogP contribution in [0.15, 0.2) is 18.2 Å². The van der Waals surface area contributed by atoms with Gasteiger partial charge in [-0.1, -0.05) is 6.07 Å². The Hall–Kier alpha value is -1.69. The summed E-state index contributed by atoms with van der Waals surface area (Å²) in [4.78, 5) is 13.2. The van der Waals surface area contributed by atoms with Gasteiger partial charge in [0.1, 0.15) is 0 Å². The van der Waals surface area contributed by atoms with Crippen LogP contribution in [0, 0.1) is 5.82 Å². The first-order valence-electron chi connectivity index (χ1n) is 6.47. The molecule has 0 N–H and O–H groups in total. The number of benzene rings is 1. The van der Waals surface area contributed by atoms with Gasteiger partial charge in [0, 0.05) is 10.1 Å². The molecule has 0 aliphatic rings. The zero-order valence-electron chi connectivity index (χ0n) is 12.3. The first kappa shape index (κ1) is 18.3. The molecular formula is C14H21F2NO3. The number of carbonyl (C=O) groups excluding carboxylic acids is 1. The number of halogens is 2. The predicted octanol–water partition coefficient (Wildman–Crippen LogP) is 1.95. The van der Waals surface area contributed by atoms with Crippen LogP contribution in [0.25, 0.3) is 0 Å². The summed E-state index contributed by atoms with van der Waals surface area (Å²) in [6.07, 6.45) is 0. The molecule has 0 saturated heterocycles. The van der Waals surface area contributed by atoms with Crippen molar-refractivity contribution in [3.63, 3.8) is 0 Å². The molecule has 1 aromatic rings. The van der Waals surface area contributed by atoms with E-state index in [2.05, 4.69) is 32.8 Å². The van der Waals surface area contributed by atoms with Gasteiger partial charge in [0.2, 0.25) is 5.75 Å². The summed E-state index contributed by atoms with van der Waals surface area (Å²) in [5.74, 6) is -3.74. The molecule has 20 heavy (non-hydrogen) atoms. The Labute approximate surface area is 118 Å². The van der Waals surface area contributed by atoms with Crippen LogP contribution in [0.3, 0.4) is 0 Å². The summed E-state index contributed by atoms with van der Waals surface area (Å²) in [5.41, 5.74) is -0.655. The molecule has 0 aromatic heterocycles. The maximum Gasteiger partial charge on any atom is 0.216 e. The van der Waals surface area contributed by atoms with E-state index >= 15 is 0 Å². The number of carboxylic acid groups (broad SMARTS) is 1. The van der Waals surface area contributed by atoms with Crippen molar-refractivity contribution in [2.75, 3.05) is 26.7 Å². The third kappa shape index (κ3) is 5.13. The van der Waals surface area contributed by atoms with Crippen molar-refractivity contribution < 1.29 is 28.2 Å². The van der Waals surface area contributed by atoms with Gasteiger partial charge in [-0.15, -0.1) is 0 Å². The number of rotatable bonds is 5. The quantitative estimate of drug-likeness (QED) is 0.778. The molecule has 1 rings (SSSR count). The van der Waals surface area contributed by atoms with Crippen molar-refractivity contribution in [1.82, 2.24) is 0 Å². The van der Waals surface area contributed by atoms with E-state index in [1.54, 1.807) is 0 Å². The minimum Gasteiger partial charge on any atom is -0.545 e. The Morgan fingerprint density at radius 2 is 1.75 bits per heavy atom. The second-order valence-electron chi connectivity index (χ2n) is 4.55. The Morgan fingerprint density at radius 1 is 1.25 bits per heavy atom. The minimum absolute atomic E-state index is 0.655. The first-order chi connectivity index (χ1) is 9.35. The average Bonchev–Trinajstić information content (AvgIpc) is 2.46. The fourth-order valence-corrected chi connectivity index (χ4v) is 1.42. The van der Waals surface area contributed by atoms with Gasteiger partial charge >= 0.3 is 0 Å². The second kappa shape index (κ2) is 8.47. The van der Waals surface area contributed by atoms with E-state index in [9.17, 15) is 18.8 Å². The number of hydrogen-bond donors (Lipinski definition) is 0. The lowest BCUT2D eigenvalue weighted by molar-refractivity contribution is -0.904. The van der Waals surface area contributed by atoms with E-state index in [4.69, 9.17) is 0 Å². The van der Waals surface area contributed by atoms with Crippen LogP contribution in [-0.4, -0.2) is 37.1 Å². The van der Waals surface area contributed by atoms with Crippen LogP contribution in [0.1, 0.15) is 31.1 Å². The summed E-state index contributed by atoms with van der Waals surface area (Å²) < 4.78 is 25.3. The Kier molecular flexibility index (Phi) is 7.76. The van der Waals surface area contributed by atoms with Crippen LogP contribution >= 0.6 is 0 Å². The van der Waals surface area contributed by atoms with Crippen molar-refractivity contribution in [3.05, 3.63) is 29.6 Å². The highest BCUT2D eigenvalue weighted by atomic mass is 19.3. The number of carboxylic acids is 1. The summed E-state index contributed by atoms with van der Waals surface area (Å²) in [5, 5.41) is 10.2. The minimum atomic E-state index is -1.69. The van der Waals surface area contributed by atoms with Gasteiger partial charge in [0.25, 0.3) is 0 Å². The van der Waals surface area contributed by atoms with Gasteiger partial charge in [0.05, 0.1) is 32.7 Å². The maximum atomic E-state index is 12.6. The molecule has 6 heteroatoms. The third-order valence-electron chi connectivity index (χ3n) is 3.55. The second-order valence-corrected chi connectivity index (χ2v) is 4.55. The Morgan fingerprint density at radius 3 is 2.00 bits per heavy atom. The molecular weight excluding hydrogens is 268 g/mol. The number of hydrogen-bond acceptors (Lipinski definition) is 3. The van der Waals surface area contributed by atoms with Crippen molar-refractivity contribution in [3.8, 4) is 5.75 Å². The molecule has 0 fully saturated rings. The van der Waals surface area contributed by atoms with Crippen LogP contribution in [0.4, 0.5) is 8.92 Å². The lowest BCUT2D eigenvalue weighted by atomic mass is 10.2. The molecule has 4 nitrogen and oxygen atoms in total. The van der Waals surface area contributed by atoms with Crippen molar-refractivity contribution in [2.45, 2.75) is 20.8 Å². The molecule has 0 radical (unpaired) electrons. The number of para-hydroxylation sites is 1. The molecule has 114 valence electrons. The number of carbonyl (C=O) groups is 1. The van der Waals surface area contributed by atoms with Crippen molar-refractivity contribution in [2.24, 2.45) is 0 Å². The van der Waals surface area contributed by atoms with Crippen molar-refractivity contribution >= 4 is 5.97 Å². The van der Waals surface area contributed by atoms with E-state index < -0.39 is 23.1 Å². The third-order valence-corrected chi connectivity index (χ3v) is 3.55. The van der Waals surface area contributed by atoms with E-state index in [0.717, 1.165) is 18.2 Å². The molecule has 0 aliphatic heterocycles. The molecule has 0 aliphatic carbocycles. The molecule has 0 bridgehead atoms. The van der Waals surface area contributed by atoms with E-state index in [1.807, 2.05) is 0 Å². The summed E-state index contributed by atoms with van der Waals surface area (Å²) >= 11 is 0. The Balaban J connectivity index is 0.000000396. The van der Waals surface area contributed by atoms with Crippen LogP contribution < -0.4 is 10.0 Å². The number of aromatic carboxylic acids is 1. The largest absolute Gasteiger partial charge is 0.545 e. The van der Waals surface area contributed by atoms with Gasteiger partial charge in [-0.05, 0) is 32.9 Å². The van der Waals surface area contributed by atoms with Gasteiger partial charge in [-0.3, -0.25) is 4.94 Å². The highest BCUT2D eigenvalue weighted by molar-refractivity contribution is 5.89. The van der Waals surface area contributed by atoms with Gasteiger partial charge in [-0.2, -0.15) is 0 Å². The Bertz CT molecular complexity index is 426. The zero-order valence-corrected chi connectivity index (χ0v) is 12.3. The highest BCUT2D eigenvalue weighted by Gasteiger charge is 2.11. The van der Waals surface area contributed by atoms with Crippen molar-refractivity contribution in [1.29, 1.82) is 0 Å². The molecule has 0 saturated carbocycles. The normalized spacial score (nSPS) is 10.5. The topological polar surface area (TPSA) is 49.4 Å². The van der Waals surface area contributed by atoms with Crippen LogP contribution in [-0.2, 0) is 0 Å². The van der Waals surface area contributed by atoms with Gasteiger partial charge in [0.15, 0.2) is 5.82 Å². The van der Waals surface area contributed by atoms with Gasteiger partial charge in [-0.25, -0.2) is 4.39 Å². The molecule has 0 spiro atoms. The lowest BCUT2D eigenvalue weighted by Gasteiger charge is -2.30. The van der Waals surface area contributed by atoms with E-state index in [-0.39, 0.29) is 0 Å². The average molecular weight is 289 g/mol.